The minimum Gasteiger partial charge on any atom is -0.388 e. The third-order valence-corrected chi connectivity index (χ3v) is 3.19. The molecule has 96 valence electrons. The lowest BCUT2D eigenvalue weighted by molar-refractivity contribution is 0.173. The van der Waals surface area contributed by atoms with Crippen LogP contribution in [0, 0.1) is 0 Å². The van der Waals surface area contributed by atoms with E-state index >= 15 is 0 Å². The van der Waals surface area contributed by atoms with Crippen molar-refractivity contribution in [2.45, 2.75) is 46.1 Å². The summed E-state index contributed by atoms with van der Waals surface area (Å²) in [6, 6.07) is 8.32. The second-order valence-electron chi connectivity index (χ2n) is 4.45. The zero-order valence-electron chi connectivity index (χ0n) is 11.3. The van der Waals surface area contributed by atoms with Gasteiger partial charge >= 0.3 is 0 Å². The summed E-state index contributed by atoms with van der Waals surface area (Å²) in [5.74, 6) is 0. The predicted molar refractivity (Wildman–Crippen MR) is 74.5 cm³/mol. The number of hydrogen-bond donors (Lipinski definition) is 1. The molecule has 1 N–H and O–H groups in total. The highest BCUT2D eigenvalue weighted by molar-refractivity contribution is 5.47. The number of anilines is 1. The van der Waals surface area contributed by atoms with Crippen LogP contribution in [0.15, 0.2) is 24.3 Å². The molecule has 0 saturated heterocycles. The van der Waals surface area contributed by atoms with E-state index < -0.39 is 0 Å². The van der Waals surface area contributed by atoms with Crippen molar-refractivity contribution in [3.05, 3.63) is 29.8 Å². The number of aliphatic hydroxyl groups excluding tert-OH is 1. The van der Waals surface area contributed by atoms with Crippen LogP contribution in [0.3, 0.4) is 0 Å². The fourth-order valence-corrected chi connectivity index (χ4v) is 1.96. The van der Waals surface area contributed by atoms with E-state index in [4.69, 9.17) is 0 Å². The molecule has 0 heterocycles. The minimum atomic E-state index is -0.324. The smallest absolute Gasteiger partial charge is 0.0787 e. The lowest BCUT2D eigenvalue weighted by Gasteiger charge is -2.23. The fourth-order valence-electron chi connectivity index (χ4n) is 1.96. The first-order valence-corrected chi connectivity index (χ1v) is 6.75. The van der Waals surface area contributed by atoms with Crippen molar-refractivity contribution in [3.8, 4) is 0 Å². The van der Waals surface area contributed by atoms with Crippen LogP contribution in [0.5, 0.6) is 0 Å². The van der Waals surface area contributed by atoms with Crippen LogP contribution < -0.4 is 4.90 Å². The fraction of sp³-hybridized carbons (Fsp3) is 0.600. The number of benzene rings is 1. The lowest BCUT2D eigenvalue weighted by Crippen LogP contribution is -2.23. The largest absolute Gasteiger partial charge is 0.388 e. The molecule has 0 aliphatic rings. The molecular formula is C15H25NO. The standard InChI is InChI=1S/C15H25NO/c1-4-7-12-16(6-3)14-10-8-13(9-11-14)15(17)5-2/h8-11,15,17H,4-7,12H2,1-3H3/t15-/m1/s1. The first-order chi connectivity index (χ1) is 8.22. The second-order valence-corrected chi connectivity index (χ2v) is 4.45. The van der Waals surface area contributed by atoms with Crippen LogP contribution in [0.4, 0.5) is 5.69 Å². The van der Waals surface area contributed by atoms with Crippen LogP contribution in [-0.4, -0.2) is 18.2 Å². The van der Waals surface area contributed by atoms with Crippen LogP contribution in [0.25, 0.3) is 0 Å². The zero-order valence-corrected chi connectivity index (χ0v) is 11.3. The molecule has 0 radical (unpaired) electrons. The Morgan fingerprint density at radius 2 is 1.76 bits per heavy atom. The maximum Gasteiger partial charge on any atom is 0.0787 e. The number of nitrogens with zero attached hydrogens (tertiary/aromatic N) is 1. The Morgan fingerprint density at radius 3 is 2.24 bits per heavy atom. The van der Waals surface area contributed by atoms with E-state index in [0.29, 0.717) is 0 Å². The molecule has 2 heteroatoms. The number of hydrogen-bond acceptors (Lipinski definition) is 2. The van der Waals surface area contributed by atoms with E-state index in [9.17, 15) is 5.11 Å². The average Bonchev–Trinajstić information content (AvgIpc) is 2.39. The molecule has 0 fully saturated rings. The lowest BCUT2D eigenvalue weighted by atomic mass is 10.1. The van der Waals surface area contributed by atoms with E-state index in [1.54, 1.807) is 0 Å². The Hall–Kier alpha value is -1.02. The summed E-state index contributed by atoms with van der Waals surface area (Å²) in [5.41, 5.74) is 2.27. The zero-order chi connectivity index (χ0) is 12.7. The highest BCUT2D eigenvalue weighted by Crippen LogP contribution is 2.21. The highest BCUT2D eigenvalue weighted by Gasteiger charge is 2.06. The number of aliphatic hydroxyl groups is 1. The summed E-state index contributed by atoms with van der Waals surface area (Å²) in [5, 5.41) is 9.74. The van der Waals surface area contributed by atoms with Gasteiger partial charge in [-0.1, -0.05) is 32.4 Å². The normalized spacial score (nSPS) is 12.5. The molecular weight excluding hydrogens is 210 g/mol. The maximum atomic E-state index is 9.74. The minimum absolute atomic E-state index is 0.324. The van der Waals surface area contributed by atoms with Crippen molar-refractivity contribution < 1.29 is 5.11 Å². The summed E-state index contributed by atoms with van der Waals surface area (Å²) in [7, 11) is 0. The predicted octanol–water partition coefficient (Wildman–Crippen LogP) is 3.76. The van der Waals surface area contributed by atoms with E-state index in [2.05, 4.69) is 30.9 Å². The molecule has 0 saturated carbocycles. The van der Waals surface area contributed by atoms with Gasteiger partial charge in [-0.15, -0.1) is 0 Å². The monoisotopic (exact) mass is 235 g/mol. The Morgan fingerprint density at radius 1 is 1.12 bits per heavy atom. The Balaban J connectivity index is 2.70. The molecule has 17 heavy (non-hydrogen) atoms. The Labute approximate surface area is 105 Å². The maximum absolute atomic E-state index is 9.74. The first-order valence-electron chi connectivity index (χ1n) is 6.75. The molecule has 1 aromatic carbocycles. The summed E-state index contributed by atoms with van der Waals surface area (Å²) in [4.78, 5) is 2.38. The van der Waals surface area contributed by atoms with Gasteiger partial charge in [-0.2, -0.15) is 0 Å². The molecule has 0 aromatic heterocycles. The van der Waals surface area contributed by atoms with Crippen molar-refractivity contribution in [2.24, 2.45) is 0 Å². The highest BCUT2D eigenvalue weighted by atomic mass is 16.3. The van der Waals surface area contributed by atoms with Gasteiger partial charge < -0.3 is 10.0 Å². The van der Waals surface area contributed by atoms with Gasteiger partial charge in [-0.3, -0.25) is 0 Å². The molecule has 0 spiro atoms. The second kappa shape index (κ2) is 7.33. The molecule has 0 aliphatic heterocycles. The molecule has 0 aliphatic carbocycles. The molecule has 0 bridgehead atoms. The summed E-state index contributed by atoms with van der Waals surface area (Å²) in [6.45, 7) is 8.55. The van der Waals surface area contributed by atoms with E-state index in [-0.39, 0.29) is 6.10 Å². The van der Waals surface area contributed by atoms with Gasteiger partial charge in [0.2, 0.25) is 0 Å². The third kappa shape index (κ3) is 4.04. The quantitative estimate of drug-likeness (QED) is 0.778. The van der Waals surface area contributed by atoms with Crippen molar-refractivity contribution >= 4 is 5.69 Å². The average molecular weight is 235 g/mol. The van der Waals surface area contributed by atoms with Crippen molar-refractivity contribution in [2.75, 3.05) is 18.0 Å². The molecule has 1 atom stereocenters. The van der Waals surface area contributed by atoms with Gasteiger partial charge in [-0.25, -0.2) is 0 Å². The topological polar surface area (TPSA) is 23.5 Å². The van der Waals surface area contributed by atoms with Gasteiger partial charge in [0.1, 0.15) is 0 Å². The van der Waals surface area contributed by atoms with Crippen LogP contribution in [0.2, 0.25) is 0 Å². The van der Waals surface area contributed by atoms with Crippen molar-refractivity contribution in [1.29, 1.82) is 0 Å². The van der Waals surface area contributed by atoms with Gasteiger partial charge in [0.25, 0.3) is 0 Å². The Bertz CT molecular complexity index is 307. The van der Waals surface area contributed by atoms with Gasteiger partial charge in [-0.05, 0) is 37.5 Å². The molecule has 1 rings (SSSR count). The van der Waals surface area contributed by atoms with Crippen molar-refractivity contribution in [3.63, 3.8) is 0 Å². The molecule has 1 aromatic rings. The van der Waals surface area contributed by atoms with Gasteiger partial charge in [0, 0.05) is 18.8 Å². The van der Waals surface area contributed by atoms with Crippen LogP contribution >= 0.6 is 0 Å². The molecule has 2 nitrogen and oxygen atoms in total. The van der Waals surface area contributed by atoms with E-state index in [1.165, 1.54) is 18.5 Å². The molecule has 0 amide bonds. The summed E-state index contributed by atoms with van der Waals surface area (Å²) < 4.78 is 0. The van der Waals surface area contributed by atoms with Crippen molar-refractivity contribution in [1.82, 2.24) is 0 Å². The first kappa shape index (κ1) is 14.0. The van der Waals surface area contributed by atoms with E-state index in [0.717, 1.165) is 25.1 Å². The van der Waals surface area contributed by atoms with Gasteiger partial charge in [0.15, 0.2) is 0 Å². The van der Waals surface area contributed by atoms with E-state index in [1.807, 2.05) is 19.1 Å². The van der Waals surface area contributed by atoms with Crippen LogP contribution in [0.1, 0.15) is 51.7 Å². The molecule has 0 unspecified atom stereocenters. The summed E-state index contributed by atoms with van der Waals surface area (Å²) in [6.07, 6.45) is 2.90. The number of unbranched alkanes of at least 4 members (excludes halogenated alkanes) is 1. The van der Waals surface area contributed by atoms with Crippen LogP contribution in [-0.2, 0) is 0 Å². The Kier molecular flexibility index (Phi) is 6.06. The number of rotatable bonds is 7. The van der Waals surface area contributed by atoms with Gasteiger partial charge in [0.05, 0.1) is 6.10 Å². The third-order valence-electron chi connectivity index (χ3n) is 3.19. The summed E-state index contributed by atoms with van der Waals surface area (Å²) >= 11 is 0. The SMILES string of the molecule is CCCCN(CC)c1ccc([C@H](O)CC)cc1.